The summed E-state index contributed by atoms with van der Waals surface area (Å²) in [7, 11) is 1.27. The maximum absolute atomic E-state index is 11.4. The van der Waals surface area contributed by atoms with E-state index in [-0.39, 0.29) is 11.7 Å². The van der Waals surface area contributed by atoms with Crippen LogP contribution in [0.4, 0.5) is 5.69 Å². The van der Waals surface area contributed by atoms with Gasteiger partial charge in [0.05, 0.1) is 12.8 Å². The first kappa shape index (κ1) is 12.8. The number of anilines is 1. The van der Waals surface area contributed by atoms with Crippen molar-refractivity contribution in [2.45, 2.75) is 6.92 Å². The molecule has 6 nitrogen and oxygen atoms in total. The summed E-state index contributed by atoms with van der Waals surface area (Å²) in [6.07, 6.45) is 0. The lowest BCUT2D eigenvalue weighted by Gasteiger charge is -2.08. The smallest absolute Gasteiger partial charge is 0.376 e. The van der Waals surface area contributed by atoms with Crippen LogP contribution in [0.1, 0.15) is 16.3 Å². The van der Waals surface area contributed by atoms with Gasteiger partial charge >= 0.3 is 5.97 Å². The number of hydrogen-bond donors (Lipinski definition) is 1. The Labute approximate surface area is 110 Å². The molecule has 0 spiro atoms. The maximum Gasteiger partial charge on any atom is 0.376 e. The Hall–Kier alpha value is -2.63. The second-order valence-electron chi connectivity index (χ2n) is 3.80. The van der Waals surface area contributed by atoms with Gasteiger partial charge in [-0.25, -0.2) is 9.78 Å². The van der Waals surface area contributed by atoms with Gasteiger partial charge in [-0.3, -0.25) is 0 Å². The Kier molecular flexibility index (Phi) is 3.61. The largest absolute Gasteiger partial charge is 0.463 e. The molecule has 6 heteroatoms. The molecule has 0 radical (unpaired) electrons. The fourth-order valence-corrected chi connectivity index (χ4v) is 1.46. The molecule has 0 atom stereocenters. The molecule has 0 aliphatic rings. The molecule has 0 bridgehead atoms. The van der Waals surface area contributed by atoms with Crippen LogP contribution >= 0.6 is 0 Å². The fourth-order valence-electron chi connectivity index (χ4n) is 1.46. The van der Waals surface area contributed by atoms with E-state index in [1.165, 1.54) is 7.11 Å². The van der Waals surface area contributed by atoms with Gasteiger partial charge in [0.25, 0.3) is 0 Å². The van der Waals surface area contributed by atoms with Crippen LogP contribution < -0.4 is 10.5 Å². The highest BCUT2D eigenvalue weighted by Gasteiger charge is 2.13. The minimum absolute atomic E-state index is 0.0491. The van der Waals surface area contributed by atoms with Crippen molar-refractivity contribution in [3.8, 4) is 11.6 Å². The van der Waals surface area contributed by atoms with Crippen LogP contribution in [0, 0.1) is 6.92 Å². The van der Waals surface area contributed by atoms with Gasteiger partial charge in [-0.15, -0.1) is 0 Å². The van der Waals surface area contributed by atoms with Crippen LogP contribution in [0.5, 0.6) is 11.6 Å². The van der Waals surface area contributed by atoms with Crippen molar-refractivity contribution in [1.82, 2.24) is 9.97 Å². The second kappa shape index (κ2) is 5.34. The maximum atomic E-state index is 11.4. The molecule has 2 N–H and O–H groups in total. The number of carbonyl (C=O) groups excluding carboxylic acids is 1. The third-order valence-electron chi connectivity index (χ3n) is 2.33. The van der Waals surface area contributed by atoms with E-state index in [1.807, 2.05) is 0 Å². The second-order valence-corrected chi connectivity index (χ2v) is 3.80. The highest BCUT2D eigenvalue weighted by molar-refractivity contribution is 5.85. The predicted molar refractivity (Wildman–Crippen MR) is 69.0 cm³/mol. The molecule has 0 amide bonds. The molecule has 0 saturated carbocycles. The summed E-state index contributed by atoms with van der Waals surface area (Å²) < 4.78 is 10.1. The van der Waals surface area contributed by atoms with Gasteiger partial charge in [-0.05, 0) is 19.1 Å². The van der Waals surface area contributed by atoms with Crippen LogP contribution in [0.15, 0.2) is 30.3 Å². The number of nitrogen functional groups attached to an aromatic ring is 1. The van der Waals surface area contributed by atoms with Crippen molar-refractivity contribution in [3.63, 3.8) is 0 Å². The van der Waals surface area contributed by atoms with E-state index < -0.39 is 5.97 Å². The summed E-state index contributed by atoms with van der Waals surface area (Å²) in [6, 6.07) is 8.63. The Morgan fingerprint density at radius 3 is 2.68 bits per heavy atom. The number of hydrogen-bond acceptors (Lipinski definition) is 6. The SMILES string of the molecule is COC(=O)c1nc(C)cc(Oc2ccccc2N)n1. The molecule has 1 heterocycles. The fraction of sp³-hybridized carbons (Fsp3) is 0.154. The molecule has 0 fully saturated rings. The minimum Gasteiger partial charge on any atom is -0.463 e. The average Bonchev–Trinajstić information content (AvgIpc) is 2.40. The number of nitrogens with two attached hydrogens (primary N) is 1. The Morgan fingerprint density at radius 2 is 2.00 bits per heavy atom. The van der Waals surface area contributed by atoms with Crippen molar-refractivity contribution in [2.24, 2.45) is 0 Å². The van der Waals surface area contributed by atoms with E-state index in [9.17, 15) is 4.79 Å². The van der Waals surface area contributed by atoms with Crippen LogP contribution in [0.3, 0.4) is 0 Å². The molecule has 2 rings (SSSR count). The highest BCUT2D eigenvalue weighted by Crippen LogP contribution is 2.25. The van der Waals surface area contributed by atoms with Crippen molar-refractivity contribution >= 4 is 11.7 Å². The number of benzene rings is 1. The predicted octanol–water partition coefficient (Wildman–Crippen LogP) is 1.95. The summed E-state index contributed by atoms with van der Waals surface area (Å²) in [5, 5.41) is 0. The molecule has 2 aromatic rings. The van der Waals surface area contributed by atoms with Crippen molar-refractivity contribution in [1.29, 1.82) is 0 Å². The van der Waals surface area contributed by atoms with Gasteiger partial charge in [0.15, 0.2) is 5.75 Å². The minimum atomic E-state index is -0.616. The molecule has 0 aliphatic carbocycles. The van der Waals surface area contributed by atoms with Gasteiger partial charge in [-0.2, -0.15) is 4.98 Å². The van der Waals surface area contributed by atoms with Crippen LogP contribution in [-0.4, -0.2) is 23.0 Å². The monoisotopic (exact) mass is 259 g/mol. The van der Waals surface area contributed by atoms with Crippen LogP contribution in [0.2, 0.25) is 0 Å². The summed E-state index contributed by atoms with van der Waals surface area (Å²) >= 11 is 0. The topological polar surface area (TPSA) is 87.3 Å². The molecule has 19 heavy (non-hydrogen) atoms. The summed E-state index contributed by atoms with van der Waals surface area (Å²) in [5.74, 6) is 0.0452. The molecular formula is C13H13N3O3. The Balaban J connectivity index is 2.33. The zero-order chi connectivity index (χ0) is 13.8. The first-order valence-corrected chi connectivity index (χ1v) is 5.56. The standard InChI is InChI=1S/C13H13N3O3/c1-8-7-11(16-12(15-8)13(17)18-2)19-10-6-4-3-5-9(10)14/h3-7H,14H2,1-2H3. The van der Waals surface area contributed by atoms with Crippen molar-refractivity contribution in [2.75, 3.05) is 12.8 Å². The summed E-state index contributed by atoms with van der Waals surface area (Å²) in [6.45, 7) is 1.73. The van der Waals surface area contributed by atoms with E-state index in [0.717, 1.165) is 0 Å². The highest BCUT2D eigenvalue weighted by atomic mass is 16.5. The quantitative estimate of drug-likeness (QED) is 0.669. The molecule has 0 unspecified atom stereocenters. The lowest BCUT2D eigenvalue weighted by Crippen LogP contribution is -2.09. The van der Waals surface area contributed by atoms with Crippen LogP contribution in [-0.2, 0) is 4.74 Å². The number of aromatic nitrogens is 2. The summed E-state index contributed by atoms with van der Waals surface area (Å²) in [5.41, 5.74) is 6.85. The Morgan fingerprint density at radius 1 is 1.26 bits per heavy atom. The van der Waals surface area contributed by atoms with E-state index in [0.29, 0.717) is 17.1 Å². The van der Waals surface area contributed by atoms with Gasteiger partial charge in [0, 0.05) is 11.8 Å². The van der Waals surface area contributed by atoms with Gasteiger partial charge in [0.2, 0.25) is 11.7 Å². The molecule has 98 valence electrons. The number of rotatable bonds is 3. The number of esters is 1. The lowest BCUT2D eigenvalue weighted by molar-refractivity contribution is 0.0585. The van der Waals surface area contributed by atoms with E-state index in [1.54, 1.807) is 37.3 Å². The van der Waals surface area contributed by atoms with Gasteiger partial charge in [0.1, 0.15) is 0 Å². The third kappa shape index (κ3) is 2.98. The van der Waals surface area contributed by atoms with Gasteiger partial charge in [-0.1, -0.05) is 12.1 Å². The molecule has 1 aromatic carbocycles. The third-order valence-corrected chi connectivity index (χ3v) is 2.33. The molecule has 0 saturated heterocycles. The number of carbonyl (C=O) groups is 1. The zero-order valence-corrected chi connectivity index (χ0v) is 10.6. The van der Waals surface area contributed by atoms with Crippen molar-refractivity contribution in [3.05, 3.63) is 41.9 Å². The van der Waals surface area contributed by atoms with E-state index in [4.69, 9.17) is 10.5 Å². The van der Waals surface area contributed by atoms with Crippen LogP contribution in [0.25, 0.3) is 0 Å². The molecule has 1 aromatic heterocycles. The number of para-hydroxylation sites is 2. The number of nitrogens with zero attached hydrogens (tertiary/aromatic N) is 2. The number of ether oxygens (including phenoxy) is 2. The van der Waals surface area contributed by atoms with Crippen molar-refractivity contribution < 1.29 is 14.3 Å². The van der Waals surface area contributed by atoms with E-state index in [2.05, 4.69) is 14.7 Å². The zero-order valence-electron chi connectivity index (χ0n) is 10.6. The number of methoxy groups -OCH3 is 1. The molecular weight excluding hydrogens is 246 g/mol. The summed E-state index contributed by atoms with van der Waals surface area (Å²) in [4.78, 5) is 19.4. The number of aryl methyl sites for hydroxylation is 1. The van der Waals surface area contributed by atoms with E-state index >= 15 is 0 Å². The lowest BCUT2D eigenvalue weighted by atomic mass is 10.3. The van der Waals surface area contributed by atoms with Gasteiger partial charge < -0.3 is 15.2 Å². The first-order valence-electron chi connectivity index (χ1n) is 5.56. The molecule has 0 aliphatic heterocycles. The Bertz CT molecular complexity index is 614. The first-order chi connectivity index (χ1) is 9.10. The normalized spacial score (nSPS) is 10.0. The average molecular weight is 259 g/mol.